The Labute approximate surface area is 134 Å². The number of hydrogen-bond donors (Lipinski definition) is 2. The molecule has 2 N–H and O–H groups in total. The van der Waals surface area contributed by atoms with Crippen LogP contribution in [0, 0.1) is 0 Å². The lowest BCUT2D eigenvalue weighted by Crippen LogP contribution is -2.30. The van der Waals surface area contributed by atoms with E-state index in [-0.39, 0.29) is 17.7 Å². The van der Waals surface area contributed by atoms with Gasteiger partial charge in [-0.1, -0.05) is 24.3 Å². The third-order valence-electron chi connectivity index (χ3n) is 3.95. The molecule has 3 rings (SSSR count). The van der Waals surface area contributed by atoms with Crippen LogP contribution in [0.4, 0.5) is 11.4 Å². The third-order valence-corrected chi connectivity index (χ3v) is 3.95. The zero-order valence-electron chi connectivity index (χ0n) is 13.1. The van der Waals surface area contributed by atoms with Crippen molar-refractivity contribution >= 4 is 23.2 Å². The molecule has 0 saturated carbocycles. The number of carbonyl (C=O) groups is 2. The van der Waals surface area contributed by atoms with Crippen LogP contribution in [-0.2, 0) is 16.0 Å². The maximum absolute atomic E-state index is 12.4. The van der Waals surface area contributed by atoms with Gasteiger partial charge in [0.05, 0.1) is 18.7 Å². The molecule has 0 bridgehead atoms. The Kier molecular flexibility index (Phi) is 4.02. The highest BCUT2D eigenvalue weighted by atomic mass is 16.5. The summed E-state index contributed by atoms with van der Waals surface area (Å²) in [5.74, 6) is 0.201. The number of carbonyl (C=O) groups excluding carboxylic acids is 2. The SMILES string of the molecule is COc1ccc(NC(=O)C2Cc3ccccc32)cc1NC(C)=O. The van der Waals surface area contributed by atoms with Crippen molar-refractivity contribution in [1.29, 1.82) is 0 Å². The predicted octanol–water partition coefficient (Wildman–Crippen LogP) is 2.93. The second-order valence-corrected chi connectivity index (χ2v) is 5.54. The molecule has 118 valence electrons. The lowest BCUT2D eigenvalue weighted by Gasteiger charge is -2.29. The Morgan fingerprint density at radius 2 is 1.91 bits per heavy atom. The van der Waals surface area contributed by atoms with Gasteiger partial charge in [0.15, 0.2) is 0 Å². The minimum Gasteiger partial charge on any atom is -0.495 e. The molecule has 23 heavy (non-hydrogen) atoms. The van der Waals surface area contributed by atoms with Gasteiger partial charge in [0.2, 0.25) is 11.8 Å². The van der Waals surface area contributed by atoms with Crippen molar-refractivity contribution in [1.82, 2.24) is 0 Å². The number of nitrogens with one attached hydrogen (secondary N) is 2. The molecule has 0 saturated heterocycles. The minimum atomic E-state index is -0.195. The fourth-order valence-corrected chi connectivity index (χ4v) is 2.80. The number of fused-ring (bicyclic) bond motifs is 1. The third kappa shape index (κ3) is 3.04. The summed E-state index contributed by atoms with van der Waals surface area (Å²) in [4.78, 5) is 23.7. The van der Waals surface area contributed by atoms with Gasteiger partial charge in [-0.15, -0.1) is 0 Å². The first kappa shape index (κ1) is 15.1. The molecule has 0 fully saturated rings. The lowest BCUT2D eigenvalue weighted by atomic mass is 9.77. The van der Waals surface area contributed by atoms with Crippen LogP contribution < -0.4 is 15.4 Å². The van der Waals surface area contributed by atoms with Gasteiger partial charge in [0.1, 0.15) is 5.75 Å². The average molecular weight is 310 g/mol. The standard InChI is InChI=1S/C18H18N2O3/c1-11(21)19-16-10-13(7-8-17(16)23-2)20-18(22)15-9-12-5-3-4-6-14(12)15/h3-8,10,15H,9H2,1-2H3,(H,19,21)(H,20,22). The smallest absolute Gasteiger partial charge is 0.232 e. The molecule has 0 aromatic heterocycles. The van der Waals surface area contributed by atoms with E-state index >= 15 is 0 Å². The summed E-state index contributed by atoms with van der Waals surface area (Å²) in [6.45, 7) is 1.43. The van der Waals surface area contributed by atoms with E-state index in [1.54, 1.807) is 18.2 Å². The van der Waals surface area contributed by atoms with Gasteiger partial charge < -0.3 is 15.4 Å². The predicted molar refractivity (Wildman–Crippen MR) is 88.8 cm³/mol. The molecule has 0 spiro atoms. The first-order chi connectivity index (χ1) is 11.1. The summed E-state index contributed by atoms with van der Waals surface area (Å²) < 4.78 is 5.21. The molecule has 0 heterocycles. The van der Waals surface area contributed by atoms with Gasteiger partial charge >= 0.3 is 0 Å². The van der Waals surface area contributed by atoms with Crippen LogP contribution in [0.15, 0.2) is 42.5 Å². The van der Waals surface area contributed by atoms with Gasteiger partial charge in [0, 0.05) is 12.6 Å². The number of ether oxygens (including phenoxy) is 1. The van der Waals surface area contributed by atoms with E-state index in [4.69, 9.17) is 4.74 Å². The fraction of sp³-hybridized carbons (Fsp3) is 0.222. The molecule has 0 radical (unpaired) electrons. The Morgan fingerprint density at radius 3 is 2.61 bits per heavy atom. The largest absolute Gasteiger partial charge is 0.495 e. The number of hydrogen-bond acceptors (Lipinski definition) is 3. The number of benzene rings is 2. The van der Waals surface area contributed by atoms with Crippen molar-refractivity contribution in [2.45, 2.75) is 19.3 Å². The van der Waals surface area contributed by atoms with E-state index in [0.717, 1.165) is 12.0 Å². The molecule has 1 aliphatic carbocycles. The lowest BCUT2D eigenvalue weighted by molar-refractivity contribution is -0.118. The summed E-state index contributed by atoms with van der Waals surface area (Å²) in [6.07, 6.45) is 0.761. The van der Waals surface area contributed by atoms with Crippen LogP contribution in [0.2, 0.25) is 0 Å². The monoisotopic (exact) mass is 310 g/mol. The van der Waals surface area contributed by atoms with E-state index in [1.807, 2.05) is 24.3 Å². The van der Waals surface area contributed by atoms with Gasteiger partial charge in [-0.25, -0.2) is 0 Å². The molecule has 1 aliphatic rings. The normalized spacial score (nSPS) is 15.1. The Balaban J connectivity index is 1.76. The van der Waals surface area contributed by atoms with Crippen molar-refractivity contribution in [3.63, 3.8) is 0 Å². The Hall–Kier alpha value is -2.82. The van der Waals surface area contributed by atoms with Crippen LogP contribution in [-0.4, -0.2) is 18.9 Å². The highest BCUT2D eigenvalue weighted by Gasteiger charge is 2.31. The van der Waals surface area contributed by atoms with Crippen molar-refractivity contribution in [2.24, 2.45) is 0 Å². The summed E-state index contributed by atoms with van der Waals surface area (Å²) in [5.41, 5.74) is 3.47. The first-order valence-electron chi connectivity index (χ1n) is 7.43. The molecule has 2 aromatic rings. The molecule has 2 amide bonds. The van der Waals surface area contributed by atoms with E-state index in [9.17, 15) is 9.59 Å². The number of rotatable bonds is 4. The molecule has 5 nitrogen and oxygen atoms in total. The molecular formula is C18H18N2O3. The van der Waals surface area contributed by atoms with E-state index in [0.29, 0.717) is 17.1 Å². The van der Waals surface area contributed by atoms with Gasteiger partial charge in [-0.05, 0) is 35.7 Å². The van der Waals surface area contributed by atoms with Gasteiger partial charge in [-0.2, -0.15) is 0 Å². The fourth-order valence-electron chi connectivity index (χ4n) is 2.80. The van der Waals surface area contributed by atoms with Crippen LogP contribution >= 0.6 is 0 Å². The van der Waals surface area contributed by atoms with Crippen molar-refractivity contribution in [3.8, 4) is 5.75 Å². The van der Waals surface area contributed by atoms with E-state index in [2.05, 4.69) is 10.6 Å². The number of methoxy groups -OCH3 is 1. The maximum Gasteiger partial charge on any atom is 0.232 e. The first-order valence-corrected chi connectivity index (χ1v) is 7.43. The quantitative estimate of drug-likeness (QED) is 0.912. The second-order valence-electron chi connectivity index (χ2n) is 5.54. The maximum atomic E-state index is 12.4. The summed E-state index contributed by atoms with van der Waals surface area (Å²) in [7, 11) is 1.53. The zero-order valence-corrected chi connectivity index (χ0v) is 13.1. The van der Waals surface area contributed by atoms with Crippen molar-refractivity contribution < 1.29 is 14.3 Å². The zero-order chi connectivity index (χ0) is 16.4. The number of anilines is 2. The highest BCUT2D eigenvalue weighted by molar-refractivity contribution is 5.99. The van der Waals surface area contributed by atoms with Gasteiger partial charge in [0.25, 0.3) is 0 Å². The molecule has 1 atom stereocenters. The molecule has 0 aliphatic heterocycles. The highest BCUT2D eigenvalue weighted by Crippen LogP contribution is 2.36. The molecule has 1 unspecified atom stereocenters. The van der Waals surface area contributed by atoms with Crippen LogP contribution in [0.25, 0.3) is 0 Å². The number of amides is 2. The van der Waals surface area contributed by atoms with Crippen LogP contribution in [0.3, 0.4) is 0 Å². The van der Waals surface area contributed by atoms with Crippen LogP contribution in [0.5, 0.6) is 5.75 Å². The summed E-state index contributed by atoms with van der Waals surface area (Å²) >= 11 is 0. The van der Waals surface area contributed by atoms with E-state index in [1.165, 1.54) is 19.6 Å². The Bertz CT molecular complexity index is 771. The minimum absolute atomic E-state index is 0.0392. The molecular weight excluding hydrogens is 292 g/mol. The summed E-state index contributed by atoms with van der Waals surface area (Å²) in [6, 6.07) is 13.1. The molecule has 5 heteroatoms. The van der Waals surface area contributed by atoms with Gasteiger partial charge in [-0.3, -0.25) is 9.59 Å². The van der Waals surface area contributed by atoms with Crippen molar-refractivity contribution in [3.05, 3.63) is 53.6 Å². The van der Waals surface area contributed by atoms with Crippen LogP contribution in [0.1, 0.15) is 24.0 Å². The van der Waals surface area contributed by atoms with Crippen molar-refractivity contribution in [2.75, 3.05) is 17.7 Å². The molecule has 2 aromatic carbocycles. The average Bonchev–Trinajstić information content (AvgIpc) is 2.48. The van der Waals surface area contributed by atoms with E-state index < -0.39 is 0 Å². The topological polar surface area (TPSA) is 67.4 Å². The Morgan fingerprint density at radius 1 is 1.13 bits per heavy atom. The summed E-state index contributed by atoms with van der Waals surface area (Å²) in [5, 5.41) is 5.60. The second kappa shape index (κ2) is 6.12.